The first-order valence-corrected chi connectivity index (χ1v) is 6.10. The SMILES string of the molecule is CN1CCN(CCC(C)(N)CO)CC1(C)C. The third kappa shape index (κ3) is 3.70. The molecule has 1 heterocycles. The maximum absolute atomic E-state index is 9.12. The Labute approximate surface area is 99.4 Å². The summed E-state index contributed by atoms with van der Waals surface area (Å²) in [6, 6.07) is 0. The summed E-state index contributed by atoms with van der Waals surface area (Å²) in [4.78, 5) is 4.85. The molecule has 1 fully saturated rings. The summed E-state index contributed by atoms with van der Waals surface area (Å²) in [5, 5.41) is 9.12. The lowest BCUT2D eigenvalue weighted by atomic mass is 9.97. The summed E-state index contributed by atoms with van der Waals surface area (Å²) in [6.45, 7) is 10.8. The van der Waals surface area contributed by atoms with Crippen molar-refractivity contribution < 1.29 is 5.11 Å². The van der Waals surface area contributed by atoms with Gasteiger partial charge in [0.05, 0.1) is 6.61 Å². The van der Waals surface area contributed by atoms with Crippen molar-refractivity contribution in [3.05, 3.63) is 0 Å². The molecule has 1 rings (SSSR count). The van der Waals surface area contributed by atoms with E-state index in [-0.39, 0.29) is 12.1 Å². The molecule has 0 saturated carbocycles. The fourth-order valence-corrected chi connectivity index (χ4v) is 2.02. The smallest absolute Gasteiger partial charge is 0.0608 e. The lowest BCUT2D eigenvalue weighted by molar-refractivity contribution is 0.0347. The van der Waals surface area contributed by atoms with Crippen LogP contribution in [0.15, 0.2) is 0 Å². The first kappa shape index (κ1) is 13.9. The van der Waals surface area contributed by atoms with Gasteiger partial charge in [-0.1, -0.05) is 0 Å². The fraction of sp³-hybridized carbons (Fsp3) is 1.00. The quantitative estimate of drug-likeness (QED) is 0.718. The van der Waals surface area contributed by atoms with Crippen LogP contribution in [-0.4, -0.2) is 65.8 Å². The van der Waals surface area contributed by atoms with Crippen LogP contribution in [0.25, 0.3) is 0 Å². The number of aliphatic hydroxyl groups is 1. The first-order valence-electron chi connectivity index (χ1n) is 6.10. The van der Waals surface area contributed by atoms with Gasteiger partial charge in [-0.3, -0.25) is 4.90 Å². The molecule has 16 heavy (non-hydrogen) atoms. The van der Waals surface area contributed by atoms with Crippen LogP contribution < -0.4 is 5.73 Å². The van der Waals surface area contributed by atoms with E-state index < -0.39 is 5.54 Å². The second kappa shape index (κ2) is 5.00. The molecule has 1 saturated heterocycles. The van der Waals surface area contributed by atoms with Crippen molar-refractivity contribution in [1.82, 2.24) is 9.80 Å². The number of aliphatic hydroxyl groups excluding tert-OH is 1. The average Bonchev–Trinajstić information content (AvgIpc) is 2.20. The van der Waals surface area contributed by atoms with Gasteiger partial charge < -0.3 is 15.7 Å². The number of hydrogen-bond acceptors (Lipinski definition) is 4. The first-order chi connectivity index (χ1) is 7.27. The fourth-order valence-electron chi connectivity index (χ4n) is 2.02. The number of nitrogens with two attached hydrogens (primary N) is 1. The summed E-state index contributed by atoms with van der Waals surface area (Å²) >= 11 is 0. The minimum absolute atomic E-state index is 0.0597. The molecule has 0 aromatic carbocycles. The molecule has 1 aliphatic rings. The molecule has 4 heteroatoms. The lowest BCUT2D eigenvalue weighted by Crippen LogP contribution is -2.58. The van der Waals surface area contributed by atoms with Gasteiger partial charge in [-0.25, -0.2) is 0 Å². The van der Waals surface area contributed by atoms with E-state index in [1.54, 1.807) is 0 Å². The molecule has 0 bridgehead atoms. The molecule has 1 aliphatic heterocycles. The third-order valence-electron chi connectivity index (χ3n) is 3.76. The highest BCUT2D eigenvalue weighted by Crippen LogP contribution is 2.19. The van der Waals surface area contributed by atoms with E-state index in [0.717, 1.165) is 32.6 Å². The zero-order valence-corrected chi connectivity index (χ0v) is 11.2. The molecule has 0 spiro atoms. The lowest BCUT2D eigenvalue weighted by Gasteiger charge is -2.46. The molecule has 0 amide bonds. The van der Waals surface area contributed by atoms with Gasteiger partial charge in [-0.05, 0) is 34.2 Å². The van der Waals surface area contributed by atoms with E-state index in [2.05, 4.69) is 30.7 Å². The van der Waals surface area contributed by atoms with Crippen LogP contribution in [0.4, 0.5) is 0 Å². The van der Waals surface area contributed by atoms with Gasteiger partial charge in [-0.15, -0.1) is 0 Å². The maximum atomic E-state index is 9.12. The highest BCUT2D eigenvalue weighted by atomic mass is 16.3. The molecule has 4 nitrogen and oxygen atoms in total. The van der Waals surface area contributed by atoms with Crippen LogP contribution in [-0.2, 0) is 0 Å². The van der Waals surface area contributed by atoms with Gasteiger partial charge in [0.25, 0.3) is 0 Å². The molecule has 0 aliphatic carbocycles. The molecular formula is C12H27N3O. The Morgan fingerprint density at radius 1 is 1.38 bits per heavy atom. The van der Waals surface area contributed by atoms with Crippen molar-refractivity contribution in [2.45, 2.75) is 38.3 Å². The van der Waals surface area contributed by atoms with Crippen molar-refractivity contribution >= 4 is 0 Å². The van der Waals surface area contributed by atoms with Crippen LogP contribution in [0.1, 0.15) is 27.2 Å². The molecule has 1 atom stereocenters. The second-order valence-corrected chi connectivity index (χ2v) is 6.07. The summed E-state index contributed by atoms with van der Waals surface area (Å²) in [5.74, 6) is 0. The Bertz CT molecular complexity index is 228. The minimum Gasteiger partial charge on any atom is -0.394 e. The molecule has 96 valence electrons. The van der Waals surface area contributed by atoms with E-state index in [1.807, 2.05) is 6.92 Å². The van der Waals surface area contributed by atoms with Crippen molar-refractivity contribution in [3.8, 4) is 0 Å². The molecule has 0 aromatic heterocycles. The third-order valence-corrected chi connectivity index (χ3v) is 3.76. The summed E-state index contributed by atoms with van der Waals surface area (Å²) < 4.78 is 0. The summed E-state index contributed by atoms with van der Waals surface area (Å²) in [7, 11) is 2.18. The maximum Gasteiger partial charge on any atom is 0.0608 e. The van der Waals surface area contributed by atoms with Crippen molar-refractivity contribution in [2.24, 2.45) is 5.73 Å². The number of piperazine rings is 1. The topological polar surface area (TPSA) is 52.7 Å². The summed E-state index contributed by atoms with van der Waals surface area (Å²) in [6.07, 6.45) is 0.850. The highest BCUT2D eigenvalue weighted by molar-refractivity contribution is 4.89. The van der Waals surface area contributed by atoms with Crippen molar-refractivity contribution in [2.75, 3.05) is 39.8 Å². The number of rotatable bonds is 4. The Morgan fingerprint density at radius 3 is 2.50 bits per heavy atom. The molecule has 1 unspecified atom stereocenters. The van der Waals surface area contributed by atoms with E-state index in [4.69, 9.17) is 10.8 Å². The second-order valence-electron chi connectivity index (χ2n) is 6.07. The van der Waals surface area contributed by atoms with Crippen LogP contribution in [0.2, 0.25) is 0 Å². The molecule has 0 radical (unpaired) electrons. The number of likely N-dealkylation sites (N-methyl/N-ethyl adjacent to an activating group) is 1. The van der Waals surface area contributed by atoms with E-state index in [9.17, 15) is 0 Å². The predicted molar refractivity (Wildman–Crippen MR) is 67.4 cm³/mol. The van der Waals surface area contributed by atoms with Gasteiger partial charge in [0, 0.05) is 37.3 Å². The Kier molecular flexibility index (Phi) is 4.35. The van der Waals surface area contributed by atoms with Crippen LogP contribution in [0.3, 0.4) is 0 Å². The average molecular weight is 229 g/mol. The zero-order valence-electron chi connectivity index (χ0n) is 11.2. The standard InChI is InChI=1S/C12H27N3O/c1-11(2)9-15(8-7-14(11)4)6-5-12(3,13)10-16/h16H,5-10,13H2,1-4H3. The largest absolute Gasteiger partial charge is 0.394 e. The van der Waals surface area contributed by atoms with Crippen molar-refractivity contribution in [1.29, 1.82) is 0 Å². The number of nitrogens with zero attached hydrogens (tertiary/aromatic N) is 2. The number of hydrogen-bond donors (Lipinski definition) is 2. The van der Waals surface area contributed by atoms with Gasteiger partial charge >= 0.3 is 0 Å². The molecular weight excluding hydrogens is 202 g/mol. The zero-order chi connectivity index (χ0) is 12.4. The van der Waals surface area contributed by atoms with Gasteiger partial charge in [0.2, 0.25) is 0 Å². The monoisotopic (exact) mass is 229 g/mol. The summed E-state index contributed by atoms with van der Waals surface area (Å²) in [5.41, 5.74) is 5.74. The molecule has 3 N–H and O–H groups in total. The van der Waals surface area contributed by atoms with E-state index >= 15 is 0 Å². The van der Waals surface area contributed by atoms with Crippen molar-refractivity contribution in [3.63, 3.8) is 0 Å². The Morgan fingerprint density at radius 2 is 2.00 bits per heavy atom. The van der Waals surface area contributed by atoms with Gasteiger partial charge in [0.1, 0.15) is 0 Å². The predicted octanol–water partition coefficient (Wildman–Crippen LogP) is 0.112. The normalized spacial score (nSPS) is 26.6. The van der Waals surface area contributed by atoms with Crippen LogP contribution in [0, 0.1) is 0 Å². The highest BCUT2D eigenvalue weighted by Gasteiger charge is 2.31. The minimum atomic E-state index is -0.437. The molecule has 0 aromatic rings. The van der Waals surface area contributed by atoms with Crippen LogP contribution >= 0.6 is 0 Å². The van der Waals surface area contributed by atoms with Gasteiger partial charge in [0.15, 0.2) is 0 Å². The van der Waals surface area contributed by atoms with E-state index in [0.29, 0.717) is 0 Å². The van der Waals surface area contributed by atoms with Crippen LogP contribution in [0.5, 0.6) is 0 Å². The Balaban J connectivity index is 2.40. The Hall–Kier alpha value is -0.160. The van der Waals surface area contributed by atoms with E-state index in [1.165, 1.54) is 0 Å². The van der Waals surface area contributed by atoms with Gasteiger partial charge in [-0.2, -0.15) is 0 Å².